The Morgan fingerprint density at radius 1 is 1.00 bits per heavy atom. The highest BCUT2D eigenvalue weighted by molar-refractivity contribution is 7.09. The summed E-state index contributed by atoms with van der Waals surface area (Å²) in [5.41, 5.74) is 4.79. The number of anilines is 2. The fraction of sp³-hybridized carbons (Fsp3) is 0.148. The topological polar surface area (TPSA) is 71.5 Å². The molecular formula is C27H23N3O3S. The molecule has 0 spiro atoms. The number of nitrogens with one attached hydrogen (secondary N) is 1. The van der Waals surface area contributed by atoms with Gasteiger partial charge in [-0.1, -0.05) is 18.2 Å². The highest BCUT2D eigenvalue weighted by atomic mass is 32.1. The minimum absolute atomic E-state index is 0.0359. The van der Waals surface area contributed by atoms with Crippen LogP contribution in [0.25, 0.3) is 0 Å². The van der Waals surface area contributed by atoms with Crippen molar-refractivity contribution in [1.29, 1.82) is 0 Å². The number of thiazole rings is 1. The minimum Gasteiger partial charge on any atom is -0.487 e. The maximum atomic E-state index is 13.0. The summed E-state index contributed by atoms with van der Waals surface area (Å²) in [4.78, 5) is 31.8. The van der Waals surface area contributed by atoms with E-state index in [0.717, 1.165) is 22.8 Å². The summed E-state index contributed by atoms with van der Waals surface area (Å²) in [6, 6.07) is 21.9. The number of aryl methyl sites for hydroxylation is 1. The maximum Gasteiger partial charge on any atom is 0.258 e. The summed E-state index contributed by atoms with van der Waals surface area (Å²) >= 11 is 1.59. The van der Waals surface area contributed by atoms with E-state index in [4.69, 9.17) is 4.74 Å². The molecule has 3 aromatic carbocycles. The summed E-state index contributed by atoms with van der Waals surface area (Å²) in [5.74, 6) is 0.411. The molecular weight excluding hydrogens is 446 g/mol. The molecule has 0 bridgehead atoms. The molecule has 0 saturated heterocycles. The van der Waals surface area contributed by atoms with Crippen LogP contribution in [0.2, 0.25) is 0 Å². The van der Waals surface area contributed by atoms with E-state index in [9.17, 15) is 9.59 Å². The molecule has 1 N–H and O–H groups in total. The largest absolute Gasteiger partial charge is 0.487 e. The second-order valence-corrected chi connectivity index (χ2v) is 9.10. The Morgan fingerprint density at radius 3 is 2.47 bits per heavy atom. The third-order valence-electron chi connectivity index (χ3n) is 5.69. The number of fused-ring (bicyclic) bond motifs is 1. The molecule has 0 atom stereocenters. The van der Waals surface area contributed by atoms with E-state index in [2.05, 4.69) is 16.4 Å². The van der Waals surface area contributed by atoms with Gasteiger partial charge < -0.3 is 15.0 Å². The molecule has 0 radical (unpaired) electrons. The molecule has 2 amide bonds. The fourth-order valence-electron chi connectivity index (χ4n) is 3.94. The van der Waals surface area contributed by atoms with Gasteiger partial charge in [0.25, 0.3) is 11.8 Å². The van der Waals surface area contributed by atoms with Crippen LogP contribution < -0.4 is 15.0 Å². The SMILES string of the molecule is Cc1nc(COc2ccc(C(=O)Nc3ccc(C(=O)N4CCc5ccccc54)cc3)cc2)cs1. The molecule has 0 aliphatic carbocycles. The van der Waals surface area contributed by atoms with E-state index in [0.29, 0.717) is 35.7 Å². The number of rotatable bonds is 6. The molecule has 5 rings (SSSR count). The van der Waals surface area contributed by atoms with Crippen LogP contribution in [0.4, 0.5) is 11.4 Å². The van der Waals surface area contributed by atoms with Crippen molar-refractivity contribution in [2.45, 2.75) is 20.0 Å². The minimum atomic E-state index is -0.228. The average Bonchev–Trinajstić information content (AvgIpc) is 3.49. The van der Waals surface area contributed by atoms with E-state index in [1.54, 1.807) is 59.9 Å². The Kier molecular flexibility index (Phi) is 6.10. The molecule has 1 aliphatic rings. The Labute approximate surface area is 201 Å². The molecule has 7 heteroatoms. The molecule has 0 saturated carbocycles. The van der Waals surface area contributed by atoms with E-state index in [1.807, 2.05) is 35.4 Å². The first-order chi connectivity index (χ1) is 16.6. The van der Waals surface area contributed by atoms with Crippen LogP contribution in [0.15, 0.2) is 78.2 Å². The third-order valence-corrected chi connectivity index (χ3v) is 6.51. The summed E-state index contributed by atoms with van der Waals surface area (Å²) < 4.78 is 5.73. The number of carbonyl (C=O) groups is 2. The van der Waals surface area contributed by atoms with Gasteiger partial charge in [-0.05, 0) is 73.5 Å². The summed E-state index contributed by atoms with van der Waals surface area (Å²) in [7, 11) is 0. The number of hydrogen-bond donors (Lipinski definition) is 1. The number of benzene rings is 3. The first-order valence-corrected chi connectivity index (χ1v) is 11.9. The van der Waals surface area contributed by atoms with Gasteiger partial charge in [-0.25, -0.2) is 4.98 Å². The quantitative estimate of drug-likeness (QED) is 0.406. The molecule has 4 aromatic rings. The van der Waals surface area contributed by atoms with E-state index < -0.39 is 0 Å². The Hall–Kier alpha value is -3.97. The summed E-state index contributed by atoms with van der Waals surface area (Å²) in [6.45, 7) is 3.03. The standard InChI is InChI=1S/C27H23N3O3S/c1-18-28-23(17-34-18)16-33-24-12-8-20(9-13-24)26(31)29-22-10-6-21(7-11-22)27(32)30-15-14-19-4-2-3-5-25(19)30/h2-13,17H,14-16H2,1H3,(H,29,31). The fourth-order valence-corrected chi connectivity index (χ4v) is 4.54. The first-order valence-electron chi connectivity index (χ1n) is 11.0. The molecule has 170 valence electrons. The van der Waals surface area contributed by atoms with Gasteiger partial charge in [0, 0.05) is 34.4 Å². The van der Waals surface area contributed by atoms with Gasteiger partial charge in [0.1, 0.15) is 12.4 Å². The van der Waals surface area contributed by atoms with E-state index >= 15 is 0 Å². The zero-order valence-corrected chi connectivity index (χ0v) is 19.5. The van der Waals surface area contributed by atoms with Gasteiger partial charge in [-0.3, -0.25) is 9.59 Å². The van der Waals surface area contributed by atoms with Crippen LogP contribution in [0.1, 0.15) is 37.0 Å². The third kappa shape index (κ3) is 4.70. The smallest absolute Gasteiger partial charge is 0.258 e. The number of para-hydroxylation sites is 1. The van der Waals surface area contributed by atoms with Crippen LogP contribution in [0, 0.1) is 6.92 Å². The zero-order valence-electron chi connectivity index (χ0n) is 18.7. The van der Waals surface area contributed by atoms with E-state index in [1.165, 1.54) is 5.56 Å². The Morgan fingerprint density at radius 2 is 1.74 bits per heavy atom. The lowest BCUT2D eigenvalue weighted by Gasteiger charge is -2.17. The van der Waals surface area contributed by atoms with Crippen LogP contribution in [-0.2, 0) is 13.0 Å². The zero-order chi connectivity index (χ0) is 23.5. The van der Waals surface area contributed by atoms with Crippen molar-refractivity contribution in [3.63, 3.8) is 0 Å². The van der Waals surface area contributed by atoms with Crippen molar-refractivity contribution in [2.24, 2.45) is 0 Å². The number of carbonyl (C=O) groups excluding carboxylic acids is 2. The molecule has 6 nitrogen and oxygen atoms in total. The molecule has 1 aromatic heterocycles. The molecule has 2 heterocycles. The summed E-state index contributed by atoms with van der Waals surface area (Å²) in [6.07, 6.45) is 0.866. The number of aromatic nitrogens is 1. The monoisotopic (exact) mass is 469 g/mol. The number of amides is 2. The highest BCUT2D eigenvalue weighted by Crippen LogP contribution is 2.29. The van der Waals surface area contributed by atoms with Gasteiger partial charge in [0.2, 0.25) is 0 Å². The molecule has 1 aliphatic heterocycles. The highest BCUT2D eigenvalue weighted by Gasteiger charge is 2.25. The number of hydrogen-bond acceptors (Lipinski definition) is 5. The predicted molar refractivity (Wildman–Crippen MR) is 134 cm³/mol. The van der Waals surface area contributed by atoms with Crippen LogP contribution in [-0.4, -0.2) is 23.3 Å². The van der Waals surface area contributed by atoms with Crippen molar-refractivity contribution in [2.75, 3.05) is 16.8 Å². The van der Waals surface area contributed by atoms with Crippen molar-refractivity contribution in [3.8, 4) is 5.75 Å². The predicted octanol–water partition coefficient (Wildman–Crippen LogP) is 5.49. The van der Waals surface area contributed by atoms with Crippen LogP contribution in [0.3, 0.4) is 0 Å². The molecule has 34 heavy (non-hydrogen) atoms. The van der Waals surface area contributed by atoms with Crippen molar-refractivity contribution in [3.05, 3.63) is 106 Å². The first kappa shape index (κ1) is 21.9. The normalized spacial score (nSPS) is 12.3. The van der Waals surface area contributed by atoms with Gasteiger partial charge in [0.05, 0.1) is 10.7 Å². The van der Waals surface area contributed by atoms with Crippen molar-refractivity contribution < 1.29 is 14.3 Å². The average molecular weight is 470 g/mol. The van der Waals surface area contributed by atoms with E-state index in [-0.39, 0.29) is 11.8 Å². The van der Waals surface area contributed by atoms with Crippen LogP contribution in [0.5, 0.6) is 5.75 Å². The van der Waals surface area contributed by atoms with Gasteiger partial charge in [0.15, 0.2) is 0 Å². The molecule has 0 fully saturated rings. The lowest BCUT2D eigenvalue weighted by Crippen LogP contribution is -2.28. The van der Waals surface area contributed by atoms with Gasteiger partial charge >= 0.3 is 0 Å². The second-order valence-electron chi connectivity index (χ2n) is 8.04. The second kappa shape index (κ2) is 9.49. The Bertz CT molecular complexity index is 1330. The summed E-state index contributed by atoms with van der Waals surface area (Å²) in [5, 5.41) is 5.85. The maximum absolute atomic E-state index is 13.0. The van der Waals surface area contributed by atoms with Gasteiger partial charge in [-0.2, -0.15) is 0 Å². The Balaban J connectivity index is 1.18. The van der Waals surface area contributed by atoms with Crippen LogP contribution >= 0.6 is 11.3 Å². The lowest BCUT2D eigenvalue weighted by molar-refractivity contribution is 0.0988. The van der Waals surface area contributed by atoms with Gasteiger partial charge in [-0.15, -0.1) is 11.3 Å². The van der Waals surface area contributed by atoms with Crippen molar-refractivity contribution >= 4 is 34.5 Å². The number of nitrogens with zero attached hydrogens (tertiary/aromatic N) is 2. The van der Waals surface area contributed by atoms with Crippen molar-refractivity contribution in [1.82, 2.24) is 4.98 Å². The lowest BCUT2D eigenvalue weighted by atomic mass is 10.1. The molecule has 0 unspecified atom stereocenters. The number of ether oxygens (including phenoxy) is 1.